The van der Waals surface area contributed by atoms with Crippen LogP contribution in [0, 0.1) is 11.6 Å². The van der Waals surface area contributed by atoms with Crippen molar-refractivity contribution in [2.45, 2.75) is 26.3 Å². The van der Waals surface area contributed by atoms with Gasteiger partial charge in [-0.15, -0.1) is 5.10 Å². The van der Waals surface area contributed by atoms with E-state index in [0.717, 1.165) is 18.6 Å². The van der Waals surface area contributed by atoms with E-state index >= 15 is 0 Å². The first kappa shape index (κ1) is 15.1. The third-order valence-electron chi connectivity index (χ3n) is 2.98. The lowest BCUT2D eigenvalue weighted by Gasteiger charge is -2.15. The van der Waals surface area contributed by atoms with Gasteiger partial charge in [0.2, 0.25) is 5.82 Å². The molecule has 0 unspecified atom stereocenters. The number of aromatic amines is 1. The molecule has 0 aliphatic heterocycles. The number of H-pyrrole nitrogens is 1. The maximum Gasteiger partial charge on any atom is 0.293 e. The molecule has 0 aliphatic rings. The normalized spacial score (nSPS) is 10.7. The predicted octanol–water partition coefficient (Wildman–Crippen LogP) is 2.31. The number of hydrogen-bond donors (Lipinski definition) is 1. The quantitative estimate of drug-likeness (QED) is 0.920. The summed E-state index contributed by atoms with van der Waals surface area (Å²) < 4.78 is 26.4. The van der Waals surface area contributed by atoms with E-state index in [1.807, 2.05) is 6.92 Å². The molecule has 1 amide bonds. The summed E-state index contributed by atoms with van der Waals surface area (Å²) in [6.45, 7) is 2.01. The maximum atomic E-state index is 13.6. The Morgan fingerprint density at radius 3 is 2.81 bits per heavy atom. The molecule has 1 aromatic carbocycles. The Labute approximate surface area is 121 Å². The van der Waals surface area contributed by atoms with Gasteiger partial charge in [-0.05, 0) is 12.5 Å². The summed E-state index contributed by atoms with van der Waals surface area (Å²) in [5.74, 6) is -1.07. The van der Waals surface area contributed by atoms with Gasteiger partial charge in [0.25, 0.3) is 5.91 Å². The molecule has 0 radical (unpaired) electrons. The van der Waals surface area contributed by atoms with Crippen LogP contribution in [0.5, 0.6) is 0 Å². The van der Waals surface area contributed by atoms with Crippen molar-refractivity contribution in [1.82, 2.24) is 20.1 Å². The van der Waals surface area contributed by atoms with Gasteiger partial charge >= 0.3 is 0 Å². The molecule has 0 saturated carbocycles. The van der Waals surface area contributed by atoms with Crippen LogP contribution in [-0.4, -0.2) is 33.0 Å². The van der Waals surface area contributed by atoms with Gasteiger partial charge in [0, 0.05) is 31.6 Å². The van der Waals surface area contributed by atoms with Crippen molar-refractivity contribution in [3.05, 3.63) is 47.0 Å². The summed E-state index contributed by atoms with van der Waals surface area (Å²) >= 11 is 0. The monoisotopic (exact) mass is 294 g/mol. The highest BCUT2D eigenvalue weighted by Crippen LogP contribution is 2.12. The van der Waals surface area contributed by atoms with Gasteiger partial charge < -0.3 is 4.90 Å². The number of carbonyl (C=O) groups excluding carboxylic acids is 1. The average Bonchev–Trinajstić information content (AvgIpc) is 2.90. The molecule has 1 N–H and O–H groups in total. The third-order valence-corrected chi connectivity index (χ3v) is 2.98. The van der Waals surface area contributed by atoms with Gasteiger partial charge in [-0.2, -0.15) is 0 Å². The Kier molecular flexibility index (Phi) is 4.62. The van der Waals surface area contributed by atoms with Crippen molar-refractivity contribution >= 4 is 5.91 Å². The van der Waals surface area contributed by atoms with Crippen LogP contribution in [-0.2, 0) is 13.0 Å². The summed E-state index contributed by atoms with van der Waals surface area (Å²) in [4.78, 5) is 17.5. The molecule has 2 aromatic rings. The van der Waals surface area contributed by atoms with Crippen molar-refractivity contribution < 1.29 is 13.6 Å². The van der Waals surface area contributed by atoms with Crippen molar-refractivity contribution in [2.24, 2.45) is 0 Å². The van der Waals surface area contributed by atoms with Crippen LogP contribution in [0.1, 0.15) is 35.4 Å². The lowest BCUT2D eigenvalue weighted by atomic mass is 10.2. The fourth-order valence-electron chi connectivity index (χ4n) is 1.89. The molecule has 2 rings (SSSR count). The van der Waals surface area contributed by atoms with E-state index in [0.29, 0.717) is 12.2 Å². The van der Waals surface area contributed by atoms with E-state index in [2.05, 4.69) is 15.2 Å². The van der Waals surface area contributed by atoms with Gasteiger partial charge in [-0.25, -0.2) is 13.8 Å². The van der Waals surface area contributed by atoms with E-state index in [-0.39, 0.29) is 17.9 Å². The molecular formula is C14H16F2N4O. The number of benzene rings is 1. The molecule has 1 aromatic heterocycles. The summed E-state index contributed by atoms with van der Waals surface area (Å²) in [6.07, 6.45) is 1.59. The minimum atomic E-state index is -0.684. The summed E-state index contributed by atoms with van der Waals surface area (Å²) in [5, 5.41) is 6.55. The number of carbonyl (C=O) groups is 1. The largest absolute Gasteiger partial charge is 0.334 e. The zero-order chi connectivity index (χ0) is 15.4. The minimum Gasteiger partial charge on any atom is -0.334 e. The summed E-state index contributed by atoms with van der Waals surface area (Å²) in [5.41, 5.74) is 0.233. The summed E-state index contributed by atoms with van der Waals surface area (Å²) in [7, 11) is 1.51. The molecule has 0 spiro atoms. The Morgan fingerprint density at radius 1 is 1.38 bits per heavy atom. The van der Waals surface area contributed by atoms with E-state index < -0.39 is 17.5 Å². The summed E-state index contributed by atoms with van der Waals surface area (Å²) in [6, 6.07) is 3.26. The number of hydrogen-bond acceptors (Lipinski definition) is 3. The van der Waals surface area contributed by atoms with Crippen LogP contribution in [0.4, 0.5) is 8.78 Å². The molecule has 0 bridgehead atoms. The van der Waals surface area contributed by atoms with Gasteiger partial charge in [-0.1, -0.05) is 13.0 Å². The van der Waals surface area contributed by atoms with Crippen LogP contribution in [0.15, 0.2) is 18.2 Å². The number of aryl methyl sites for hydroxylation is 1. The SMILES string of the molecule is CCCc1nc(C(=O)N(C)Cc2ccc(F)cc2F)n[nH]1. The number of halogens is 2. The zero-order valence-electron chi connectivity index (χ0n) is 11.9. The Hall–Kier alpha value is -2.31. The highest BCUT2D eigenvalue weighted by molar-refractivity contribution is 5.90. The predicted molar refractivity (Wildman–Crippen MR) is 72.5 cm³/mol. The van der Waals surface area contributed by atoms with Crippen LogP contribution >= 0.6 is 0 Å². The molecule has 0 fully saturated rings. The highest BCUT2D eigenvalue weighted by Gasteiger charge is 2.18. The molecule has 0 atom stereocenters. The first-order valence-electron chi connectivity index (χ1n) is 6.62. The second kappa shape index (κ2) is 6.43. The van der Waals surface area contributed by atoms with Crippen LogP contribution in [0.2, 0.25) is 0 Å². The van der Waals surface area contributed by atoms with Crippen molar-refractivity contribution in [3.63, 3.8) is 0 Å². The minimum absolute atomic E-state index is 0.0165. The first-order valence-corrected chi connectivity index (χ1v) is 6.62. The highest BCUT2D eigenvalue weighted by atomic mass is 19.1. The van der Waals surface area contributed by atoms with Crippen LogP contribution in [0.3, 0.4) is 0 Å². The van der Waals surface area contributed by atoms with Gasteiger partial charge in [0.15, 0.2) is 0 Å². The number of nitrogens with one attached hydrogen (secondary N) is 1. The topological polar surface area (TPSA) is 61.9 Å². The van der Waals surface area contributed by atoms with E-state index in [4.69, 9.17) is 0 Å². The standard InChI is InChI=1S/C14H16F2N4O/c1-3-4-12-17-13(19-18-12)14(21)20(2)8-9-5-6-10(15)7-11(9)16/h5-7H,3-4,8H2,1-2H3,(H,17,18,19). The van der Waals surface area contributed by atoms with Crippen molar-refractivity contribution in [1.29, 1.82) is 0 Å². The zero-order valence-corrected chi connectivity index (χ0v) is 11.9. The van der Waals surface area contributed by atoms with Crippen molar-refractivity contribution in [2.75, 3.05) is 7.05 Å². The van der Waals surface area contributed by atoms with E-state index in [1.54, 1.807) is 0 Å². The lowest BCUT2D eigenvalue weighted by Crippen LogP contribution is -2.27. The molecule has 112 valence electrons. The van der Waals surface area contributed by atoms with Crippen molar-refractivity contribution in [3.8, 4) is 0 Å². The fraction of sp³-hybridized carbons (Fsp3) is 0.357. The van der Waals surface area contributed by atoms with Gasteiger partial charge in [0.1, 0.15) is 17.5 Å². The van der Waals surface area contributed by atoms with Gasteiger partial charge in [0.05, 0.1) is 0 Å². The smallest absolute Gasteiger partial charge is 0.293 e. The number of nitrogens with zero attached hydrogens (tertiary/aromatic N) is 3. The van der Waals surface area contributed by atoms with E-state index in [9.17, 15) is 13.6 Å². The lowest BCUT2D eigenvalue weighted by molar-refractivity contribution is 0.0772. The van der Waals surface area contributed by atoms with Crippen LogP contribution in [0.25, 0.3) is 0 Å². The second-order valence-electron chi connectivity index (χ2n) is 4.75. The van der Waals surface area contributed by atoms with Crippen LogP contribution < -0.4 is 0 Å². The molecule has 0 aliphatic carbocycles. The number of amides is 1. The second-order valence-corrected chi connectivity index (χ2v) is 4.75. The molecular weight excluding hydrogens is 278 g/mol. The average molecular weight is 294 g/mol. The third kappa shape index (κ3) is 3.62. The molecule has 1 heterocycles. The molecule has 5 nitrogen and oxygen atoms in total. The number of aromatic nitrogens is 3. The van der Waals surface area contributed by atoms with E-state index in [1.165, 1.54) is 18.0 Å². The molecule has 7 heteroatoms. The van der Waals surface area contributed by atoms with Gasteiger partial charge in [-0.3, -0.25) is 9.89 Å². The Bertz CT molecular complexity index is 642. The maximum absolute atomic E-state index is 13.6. The Morgan fingerprint density at radius 2 is 2.14 bits per heavy atom. The first-order chi connectivity index (χ1) is 10.0. The Balaban J connectivity index is 2.08. The number of rotatable bonds is 5. The molecule has 0 saturated heterocycles. The fourth-order valence-corrected chi connectivity index (χ4v) is 1.89. The molecule has 21 heavy (non-hydrogen) atoms.